The summed E-state index contributed by atoms with van der Waals surface area (Å²) in [5.74, 6) is -2.00. The monoisotopic (exact) mass is 546 g/mol. The Morgan fingerprint density at radius 1 is 1.29 bits per heavy atom. The fraction of sp³-hybridized carbons (Fsp3) is 0.391. The maximum absolute atomic E-state index is 12.9. The maximum Gasteiger partial charge on any atom is 0.323 e. The van der Waals surface area contributed by atoms with E-state index in [0.29, 0.717) is 11.9 Å². The van der Waals surface area contributed by atoms with Crippen molar-refractivity contribution >= 4 is 32.8 Å². The van der Waals surface area contributed by atoms with Gasteiger partial charge >= 0.3 is 5.97 Å². The highest BCUT2D eigenvalue weighted by Gasteiger charge is 2.30. The molecule has 14 nitrogen and oxygen atoms in total. The summed E-state index contributed by atoms with van der Waals surface area (Å²) < 4.78 is 32.4. The fourth-order valence-electron chi connectivity index (χ4n) is 4.15. The summed E-state index contributed by atoms with van der Waals surface area (Å²) >= 11 is 0. The second kappa shape index (κ2) is 11.7. The lowest BCUT2D eigenvalue weighted by Crippen LogP contribution is -2.53. The van der Waals surface area contributed by atoms with Gasteiger partial charge in [-0.15, -0.1) is 0 Å². The molecule has 204 valence electrons. The Bertz CT molecular complexity index is 1430. The number of para-hydroxylation sites is 1. The summed E-state index contributed by atoms with van der Waals surface area (Å²) in [4.78, 5) is 24.5. The van der Waals surface area contributed by atoms with Gasteiger partial charge in [-0.25, -0.2) is 8.42 Å². The molecule has 4 rings (SSSR count). The number of nitrogens with one attached hydrogen (secondary N) is 6. The van der Waals surface area contributed by atoms with Crippen LogP contribution < -0.4 is 26.0 Å². The van der Waals surface area contributed by atoms with Crippen molar-refractivity contribution in [2.75, 3.05) is 19.6 Å². The van der Waals surface area contributed by atoms with Gasteiger partial charge in [0.15, 0.2) is 5.76 Å². The first kappa shape index (κ1) is 27.3. The third-order valence-corrected chi connectivity index (χ3v) is 7.70. The second-order valence-electron chi connectivity index (χ2n) is 8.74. The molecule has 1 aliphatic heterocycles. The van der Waals surface area contributed by atoms with E-state index in [-0.39, 0.29) is 28.2 Å². The van der Waals surface area contributed by atoms with Crippen molar-refractivity contribution in [2.24, 2.45) is 0 Å². The fourth-order valence-corrected chi connectivity index (χ4v) is 5.67. The van der Waals surface area contributed by atoms with Gasteiger partial charge in [0, 0.05) is 18.5 Å². The number of amides is 1. The molecule has 38 heavy (non-hydrogen) atoms. The normalized spacial score (nSPS) is 16.3. The Hall–Kier alpha value is -3.79. The standard InChI is InChI=1S/C23H30N8O6S/c1-13-20(14(2)37-30-13)38(35,36)31-18(22(33)34)12-27-21(32)16-7-3-6-15-17(28-29-19(15)16)8-4-9-24-23-25-10-5-11-26-23/h3,5-7,10,18,23-26,31H,4,8-9,11-12H2,1-2H3,(H,27,32)(H,28,29)(H,33,34). The zero-order chi connectivity index (χ0) is 27.3. The number of hydrogen-bond acceptors (Lipinski definition) is 10. The van der Waals surface area contributed by atoms with Crippen LogP contribution in [0.2, 0.25) is 0 Å². The summed E-state index contributed by atoms with van der Waals surface area (Å²) in [5, 5.41) is 33.5. The molecule has 0 saturated carbocycles. The first-order chi connectivity index (χ1) is 18.2. The van der Waals surface area contributed by atoms with Gasteiger partial charge in [-0.05, 0) is 45.5 Å². The number of carbonyl (C=O) groups is 2. The third kappa shape index (κ3) is 6.19. The lowest BCUT2D eigenvalue weighted by atomic mass is 10.1. The topological polar surface area (TPSA) is 203 Å². The Balaban J connectivity index is 1.38. The van der Waals surface area contributed by atoms with Crippen LogP contribution in [0, 0.1) is 13.8 Å². The number of H-pyrrole nitrogens is 1. The van der Waals surface area contributed by atoms with Crippen molar-refractivity contribution in [3.05, 3.63) is 53.2 Å². The minimum absolute atomic E-state index is 0.00901. The molecule has 0 spiro atoms. The Kier molecular flexibility index (Phi) is 8.41. The van der Waals surface area contributed by atoms with Crippen LogP contribution in [0.3, 0.4) is 0 Å². The number of hydrogen-bond donors (Lipinski definition) is 7. The molecule has 0 bridgehead atoms. The van der Waals surface area contributed by atoms with Crippen molar-refractivity contribution in [2.45, 2.75) is 43.9 Å². The average Bonchev–Trinajstić information content (AvgIpc) is 3.47. The number of aromatic amines is 1. The zero-order valence-electron chi connectivity index (χ0n) is 20.9. The summed E-state index contributed by atoms with van der Waals surface area (Å²) in [6.07, 6.45) is 5.38. The van der Waals surface area contributed by atoms with Gasteiger partial charge in [-0.2, -0.15) is 9.82 Å². The summed E-state index contributed by atoms with van der Waals surface area (Å²) in [5.41, 5.74) is 1.67. The largest absolute Gasteiger partial charge is 0.480 e. The van der Waals surface area contributed by atoms with Crippen LogP contribution in [0.4, 0.5) is 0 Å². The zero-order valence-corrected chi connectivity index (χ0v) is 21.7. The molecule has 1 amide bonds. The molecule has 15 heteroatoms. The van der Waals surface area contributed by atoms with Gasteiger partial charge in [-0.1, -0.05) is 23.4 Å². The highest BCUT2D eigenvalue weighted by molar-refractivity contribution is 7.89. The molecule has 3 heterocycles. The van der Waals surface area contributed by atoms with Crippen LogP contribution in [0.15, 0.2) is 39.9 Å². The number of fused-ring (bicyclic) bond motifs is 1. The molecule has 3 aromatic rings. The molecule has 1 aliphatic rings. The number of carbonyl (C=O) groups excluding carboxylic acids is 1. The molecule has 0 radical (unpaired) electrons. The van der Waals surface area contributed by atoms with Crippen LogP contribution in [-0.4, -0.2) is 72.7 Å². The molecule has 2 unspecified atom stereocenters. The molecule has 0 aliphatic carbocycles. The molecule has 2 aromatic heterocycles. The van der Waals surface area contributed by atoms with Crippen LogP contribution >= 0.6 is 0 Å². The summed E-state index contributed by atoms with van der Waals surface area (Å²) in [7, 11) is -4.26. The Morgan fingerprint density at radius 2 is 2.11 bits per heavy atom. The summed E-state index contributed by atoms with van der Waals surface area (Å²) in [6, 6.07) is 3.53. The molecular weight excluding hydrogens is 516 g/mol. The predicted molar refractivity (Wildman–Crippen MR) is 137 cm³/mol. The molecule has 7 N–H and O–H groups in total. The van der Waals surface area contributed by atoms with Gasteiger partial charge < -0.3 is 20.3 Å². The number of carboxylic acids is 1. The van der Waals surface area contributed by atoms with Crippen molar-refractivity contribution in [3.8, 4) is 0 Å². The van der Waals surface area contributed by atoms with E-state index >= 15 is 0 Å². The molecule has 2 atom stereocenters. The van der Waals surface area contributed by atoms with Crippen molar-refractivity contribution in [1.29, 1.82) is 0 Å². The summed E-state index contributed by atoms with van der Waals surface area (Å²) in [6.45, 7) is 3.89. The Labute approximate surface area is 218 Å². The number of aromatic nitrogens is 3. The predicted octanol–water partition coefficient (Wildman–Crippen LogP) is -0.158. The number of sulfonamides is 1. The number of aryl methyl sites for hydroxylation is 3. The van der Waals surface area contributed by atoms with Crippen LogP contribution in [0.5, 0.6) is 0 Å². The van der Waals surface area contributed by atoms with E-state index in [2.05, 4.69) is 41.3 Å². The number of nitrogens with zero attached hydrogens (tertiary/aromatic N) is 2. The lowest BCUT2D eigenvalue weighted by Gasteiger charge is -2.22. The van der Waals surface area contributed by atoms with E-state index in [4.69, 9.17) is 4.52 Å². The Morgan fingerprint density at radius 3 is 2.79 bits per heavy atom. The van der Waals surface area contributed by atoms with Crippen LogP contribution in [0.25, 0.3) is 10.9 Å². The highest BCUT2D eigenvalue weighted by atomic mass is 32.2. The lowest BCUT2D eigenvalue weighted by molar-refractivity contribution is -0.138. The van der Waals surface area contributed by atoms with E-state index in [9.17, 15) is 23.1 Å². The SMILES string of the molecule is Cc1noc(C)c1S(=O)(=O)NC(CNC(=O)c1cccc2c(CCCNC3NC=CCN3)n[nH]c12)C(=O)O. The van der Waals surface area contributed by atoms with Crippen molar-refractivity contribution < 1.29 is 27.6 Å². The second-order valence-corrected chi connectivity index (χ2v) is 10.4. The van der Waals surface area contributed by atoms with Gasteiger partial charge in [0.25, 0.3) is 5.91 Å². The number of benzene rings is 1. The number of carboxylic acid groups (broad SMARTS) is 1. The first-order valence-electron chi connectivity index (χ1n) is 12.0. The van der Waals surface area contributed by atoms with Gasteiger partial charge in [0.2, 0.25) is 10.0 Å². The molecular formula is C23H30N8O6S. The van der Waals surface area contributed by atoms with Gasteiger partial charge in [0.05, 0.1) is 16.8 Å². The van der Waals surface area contributed by atoms with Gasteiger partial charge in [0.1, 0.15) is 22.9 Å². The van der Waals surface area contributed by atoms with E-state index < -0.39 is 34.5 Å². The van der Waals surface area contributed by atoms with E-state index in [1.54, 1.807) is 12.1 Å². The van der Waals surface area contributed by atoms with Crippen LogP contribution in [-0.2, 0) is 21.2 Å². The third-order valence-electron chi connectivity index (χ3n) is 5.98. The van der Waals surface area contributed by atoms with Crippen molar-refractivity contribution in [3.63, 3.8) is 0 Å². The first-order valence-corrected chi connectivity index (χ1v) is 13.5. The maximum atomic E-state index is 12.9. The minimum atomic E-state index is -4.26. The minimum Gasteiger partial charge on any atom is -0.480 e. The van der Waals surface area contributed by atoms with E-state index in [1.807, 2.05) is 18.3 Å². The average molecular weight is 547 g/mol. The number of aliphatic carboxylic acids is 1. The van der Waals surface area contributed by atoms with Gasteiger partial charge in [-0.3, -0.25) is 25.3 Å². The highest BCUT2D eigenvalue weighted by Crippen LogP contribution is 2.21. The van der Waals surface area contributed by atoms with E-state index in [0.717, 1.165) is 30.6 Å². The molecule has 0 fully saturated rings. The van der Waals surface area contributed by atoms with Crippen LogP contribution in [0.1, 0.15) is 33.9 Å². The molecule has 1 aromatic carbocycles. The molecule has 0 saturated heterocycles. The quantitative estimate of drug-likeness (QED) is 0.149. The van der Waals surface area contributed by atoms with Crippen molar-refractivity contribution in [1.82, 2.24) is 41.3 Å². The smallest absolute Gasteiger partial charge is 0.323 e. The van der Waals surface area contributed by atoms with E-state index in [1.165, 1.54) is 13.8 Å². The number of rotatable bonds is 12.